The van der Waals surface area contributed by atoms with Gasteiger partial charge in [-0.1, -0.05) is 42.1 Å². The third-order valence-electron chi connectivity index (χ3n) is 3.11. The lowest BCUT2D eigenvalue weighted by atomic mass is 10.2. The highest BCUT2D eigenvalue weighted by molar-refractivity contribution is 8.01. The topological polar surface area (TPSA) is 76.3 Å². The van der Waals surface area contributed by atoms with Gasteiger partial charge in [0.25, 0.3) is 0 Å². The molecular formula is C16H19N3O2S2. The molecule has 5 nitrogen and oxygen atoms in total. The number of amides is 2. The fraction of sp³-hybridized carbons (Fsp3) is 0.312. The second-order valence-corrected chi connectivity index (χ2v) is 7.14. The summed E-state index contributed by atoms with van der Waals surface area (Å²) in [5.41, 5.74) is 7.20. The number of thioether (sulfide) groups is 1. The third kappa shape index (κ3) is 6.03. The number of aryl methyl sites for hydroxylation is 1. The molecule has 2 N–H and O–H groups in total. The van der Waals surface area contributed by atoms with Crippen LogP contribution >= 0.6 is 23.1 Å². The van der Waals surface area contributed by atoms with E-state index in [1.165, 1.54) is 23.1 Å². The van der Waals surface area contributed by atoms with Crippen LogP contribution in [0, 0.1) is 6.92 Å². The van der Waals surface area contributed by atoms with Crippen LogP contribution in [-0.4, -0.2) is 34.0 Å². The molecule has 0 bridgehead atoms. The normalized spacial score (nSPS) is 10.5. The standard InChI is InChI=1S/C16H19N3O2S2/c1-12-10-22-16(18-12)23-11-15(21)19(8-7-14(17)20)9-13-5-3-2-4-6-13/h2-6,10H,7-9,11H2,1H3,(H2,17,20). The molecule has 1 aromatic carbocycles. The van der Waals surface area contributed by atoms with E-state index in [1.54, 1.807) is 4.90 Å². The number of benzene rings is 1. The molecule has 0 saturated carbocycles. The van der Waals surface area contributed by atoms with Crippen LogP contribution in [0.1, 0.15) is 17.7 Å². The van der Waals surface area contributed by atoms with E-state index in [9.17, 15) is 9.59 Å². The maximum Gasteiger partial charge on any atom is 0.233 e. The van der Waals surface area contributed by atoms with Crippen molar-refractivity contribution in [2.24, 2.45) is 5.73 Å². The quantitative estimate of drug-likeness (QED) is 0.743. The van der Waals surface area contributed by atoms with Crippen LogP contribution in [0.5, 0.6) is 0 Å². The Balaban J connectivity index is 1.96. The predicted octanol–water partition coefficient (Wildman–Crippen LogP) is 2.45. The van der Waals surface area contributed by atoms with Gasteiger partial charge in [-0.3, -0.25) is 9.59 Å². The predicted molar refractivity (Wildman–Crippen MR) is 93.2 cm³/mol. The molecule has 0 aliphatic carbocycles. The van der Waals surface area contributed by atoms with Crippen molar-refractivity contribution < 1.29 is 9.59 Å². The number of aromatic nitrogens is 1. The minimum Gasteiger partial charge on any atom is -0.370 e. The first kappa shape index (κ1) is 17.5. The maximum atomic E-state index is 12.5. The van der Waals surface area contributed by atoms with E-state index in [-0.39, 0.29) is 12.3 Å². The van der Waals surface area contributed by atoms with Gasteiger partial charge in [-0.25, -0.2) is 4.98 Å². The van der Waals surface area contributed by atoms with Gasteiger partial charge in [-0.2, -0.15) is 0 Å². The van der Waals surface area contributed by atoms with Crippen molar-refractivity contribution in [3.63, 3.8) is 0 Å². The smallest absolute Gasteiger partial charge is 0.233 e. The molecule has 0 spiro atoms. The summed E-state index contributed by atoms with van der Waals surface area (Å²) >= 11 is 2.96. The lowest BCUT2D eigenvalue weighted by Gasteiger charge is -2.22. The minimum atomic E-state index is -0.404. The highest BCUT2D eigenvalue weighted by Gasteiger charge is 2.16. The van der Waals surface area contributed by atoms with E-state index in [0.717, 1.165) is 15.6 Å². The Morgan fingerprint density at radius 3 is 2.65 bits per heavy atom. The van der Waals surface area contributed by atoms with Crippen molar-refractivity contribution in [1.82, 2.24) is 9.88 Å². The van der Waals surface area contributed by atoms with Crippen LogP contribution in [-0.2, 0) is 16.1 Å². The zero-order chi connectivity index (χ0) is 16.7. The van der Waals surface area contributed by atoms with Crippen molar-refractivity contribution in [1.29, 1.82) is 0 Å². The Kier molecular flexibility index (Phi) is 6.61. The van der Waals surface area contributed by atoms with Crippen LogP contribution in [0.4, 0.5) is 0 Å². The van der Waals surface area contributed by atoms with E-state index >= 15 is 0 Å². The number of hydrogen-bond donors (Lipinski definition) is 1. The van der Waals surface area contributed by atoms with Gasteiger partial charge in [0.05, 0.1) is 5.75 Å². The van der Waals surface area contributed by atoms with Crippen molar-refractivity contribution in [3.8, 4) is 0 Å². The molecule has 7 heteroatoms. The number of carbonyl (C=O) groups is 2. The number of carbonyl (C=O) groups excluding carboxylic acids is 2. The summed E-state index contributed by atoms with van der Waals surface area (Å²) in [6, 6.07) is 9.71. The molecule has 2 aromatic rings. The molecule has 0 fully saturated rings. The van der Waals surface area contributed by atoms with Crippen molar-refractivity contribution in [2.45, 2.75) is 24.2 Å². The van der Waals surface area contributed by atoms with Gasteiger partial charge in [0.1, 0.15) is 0 Å². The number of nitrogens with two attached hydrogens (primary N) is 1. The lowest BCUT2D eigenvalue weighted by molar-refractivity contribution is -0.129. The second-order valence-electron chi connectivity index (χ2n) is 5.06. The molecule has 2 rings (SSSR count). The second kappa shape index (κ2) is 8.69. The molecule has 122 valence electrons. The zero-order valence-corrected chi connectivity index (χ0v) is 14.5. The SMILES string of the molecule is Cc1csc(SCC(=O)N(CCC(N)=O)Cc2ccccc2)n1. The summed E-state index contributed by atoms with van der Waals surface area (Å²) in [5, 5.41) is 1.96. The summed E-state index contributed by atoms with van der Waals surface area (Å²) in [6.45, 7) is 2.74. The number of thiazole rings is 1. The van der Waals surface area contributed by atoms with E-state index in [4.69, 9.17) is 5.73 Å². The van der Waals surface area contributed by atoms with Gasteiger partial charge < -0.3 is 10.6 Å². The molecule has 0 saturated heterocycles. The van der Waals surface area contributed by atoms with Crippen LogP contribution in [0.3, 0.4) is 0 Å². The van der Waals surface area contributed by atoms with E-state index in [1.807, 2.05) is 42.6 Å². The minimum absolute atomic E-state index is 0.0204. The van der Waals surface area contributed by atoms with Gasteiger partial charge in [-0.05, 0) is 12.5 Å². The van der Waals surface area contributed by atoms with E-state index in [0.29, 0.717) is 18.8 Å². The molecule has 23 heavy (non-hydrogen) atoms. The Morgan fingerprint density at radius 2 is 2.04 bits per heavy atom. The summed E-state index contributed by atoms with van der Waals surface area (Å²) in [4.78, 5) is 29.5. The summed E-state index contributed by atoms with van der Waals surface area (Å²) in [5.74, 6) is -0.120. The molecule has 0 radical (unpaired) electrons. The maximum absolute atomic E-state index is 12.5. The van der Waals surface area contributed by atoms with Gasteiger partial charge in [0.2, 0.25) is 11.8 Å². The number of hydrogen-bond acceptors (Lipinski definition) is 5. The van der Waals surface area contributed by atoms with Crippen LogP contribution in [0.25, 0.3) is 0 Å². The Labute approximate surface area is 143 Å². The zero-order valence-electron chi connectivity index (χ0n) is 12.9. The van der Waals surface area contributed by atoms with Crippen LogP contribution in [0.2, 0.25) is 0 Å². The largest absolute Gasteiger partial charge is 0.370 e. The lowest BCUT2D eigenvalue weighted by Crippen LogP contribution is -2.34. The summed E-state index contributed by atoms with van der Waals surface area (Å²) < 4.78 is 0.880. The van der Waals surface area contributed by atoms with Crippen LogP contribution < -0.4 is 5.73 Å². The van der Waals surface area contributed by atoms with Crippen molar-refractivity contribution >= 4 is 34.9 Å². The van der Waals surface area contributed by atoms with Gasteiger partial charge in [0, 0.05) is 30.6 Å². The third-order valence-corrected chi connectivity index (χ3v) is 5.24. The molecule has 2 amide bonds. The van der Waals surface area contributed by atoms with E-state index < -0.39 is 5.91 Å². The van der Waals surface area contributed by atoms with Gasteiger partial charge in [0.15, 0.2) is 4.34 Å². The number of rotatable bonds is 8. The van der Waals surface area contributed by atoms with Crippen molar-refractivity contribution in [3.05, 3.63) is 47.0 Å². The van der Waals surface area contributed by atoms with Gasteiger partial charge >= 0.3 is 0 Å². The fourth-order valence-corrected chi connectivity index (χ4v) is 3.71. The summed E-state index contributed by atoms with van der Waals surface area (Å²) in [6.07, 6.45) is 0.166. The van der Waals surface area contributed by atoms with Gasteiger partial charge in [-0.15, -0.1) is 11.3 Å². The molecule has 1 heterocycles. The van der Waals surface area contributed by atoms with Crippen molar-refractivity contribution in [2.75, 3.05) is 12.3 Å². The van der Waals surface area contributed by atoms with Crippen LogP contribution in [0.15, 0.2) is 40.1 Å². The first-order chi connectivity index (χ1) is 11.0. The average Bonchev–Trinajstić information content (AvgIpc) is 2.95. The Morgan fingerprint density at radius 1 is 1.30 bits per heavy atom. The molecule has 0 aliphatic heterocycles. The first-order valence-corrected chi connectivity index (χ1v) is 9.06. The molecule has 1 aromatic heterocycles. The molecule has 0 atom stereocenters. The molecular weight excluding hydrogens is 330 g/mol. The van der Waals surface area contributed by atoms with E-state index in [2.05, 4.69) is 4.98 Å². The molecule has 0 aliphatic rings. The fourth-order valence-electron chi connectivity index (χ4n) is 1.95. The molecule has 0 unspecified atom stereocenters. The highest BCUT2D eigenvalue weighted by atomic mass is 32.2. The number of primary amides is 1. The highest BCUT2D eigenvalue weighted by Crippen LogP contribution is 2.22. The average molecular weight is 349 g/mol. The first-order valence-electron chi connectivity index (χ1n) is 7.19. The monoisotopic (exact) mass is 349 g/mol. The Bertz CT molecular complexity index is 658. The Hall–Kier alpha value is -1.86. The summed E-state index contributed by atoms with van der Waals surface area (Å²) in [7, 11) is 0. The number of nitrogens with zero attached hydrogens (tertiary/aromatic N) is 2.